The first-order valence-corrected chi connectivity index (χ1v) is 5.54. The molecule has 2 aromatic rings. The van der Waals surface area contributed by atoms with Gasteiger partial charge in [-0.3, -0.25) is 0 Å². The number of carbonyl (C=O) groups is 1. The van der Waals surface area contributed by atoms with Crippen molar-refractivity contribution in [2.45, 2.75) is 0 Å². The van der Waals surface area contributed by atoms with E-state index in [1.165, 1.54) is 24.5 Å². The van der Waals surface area contributed by atoms with Crippen LogP contribution in [0.15, 0.2) is 35.1 Å². The molecule has 0 aliphatic heterocycles. The number of carboxylic acids is 1. The Kier molecular flexibility index (Phi) is 3.52. The molecule has 0 amide bonds. The maximum Gasteiger partial charge on any atom is 0.360 e. The third-order valence-electron chi connectivity index (χ3n) is 1.97. The number of hydrogen-bond acceptors (Lipinski definition) is 4. The third-order valence-corrected chi connectivity index (χ3v) is 2.46. The second-order valence-corrected chi connectivity index (χ2v) is 4.11. The van der Waals surface area contributed by atoms with Crippen LogP contribution in [0.2, 0.25) is 0 Å². The van der Waals surface area contributed by atoms with Crippen LogP contribution in [0.1, 0.15) is 10.5 Å². The number of carboxylic acid groups (broad SMARTS) is 1. The number of hydrogen-bond donors (Lipinski definition) is 1. The minimum atomic E-state index is -1.30. The topological polar surface area (TPSA) is 72.3 Å². The van der Waals surface area contributed by atoms with E-state index in [9.17, 15) is 9.18 Å². The molecule has 0 saturated carbocycles. The highest BCUT2D eigenvalue weighted by atomic mass is 79.9. The second-order valence-electron chi connectivity index (χ2n) is 3.19. The molecule has 0 radical (unpaired) electrons. The van der Waals surface area contributed by atoms with Crippen molar-refractivity contribution < 1.29 is 19.0 Å². The van der Waals surface area contributed by atoms with Gasteiger partial charge in [-0.15, -0.1) is 0 Å². The van der Waals surface area contributed by atoms with E-state index in [0.717, 1.165) is 0 Å². The van der Waals surface area contributed by atoms with E-state index in [-0.39, 0.29) is 17.3 Å². The lowest BCUT2D eigenvalue weighted by molar-refractivity contribution is 0.0686. The van der Waals surface area contributed by atoms with E-state index < -0.39 is 11.8 Å². The van der Waals surface area contributed by atoms with Crippen LogP contribution in [0.25, 0.3) is 0 Å². The monoisotopic (exact) mass is 312 g/mol. The number of halogens is 2. The van der Waals surface area contributed by atoms with Crippen LogP contribution in [0.4, 0.5) is 4.39 Å². The molecule has 7 heteroatoms. The Morgan fingerprint density at radius 1 is 1.33 bits per heavy atom. The smallest absolute Gasteiger partial charge is 0.360 e. The molecule has 0 atom stereocenters. The highest BCUT2D eigenvalue weighted by Crippen LogP contribution is 2.26. The van der Waals surface area contributed by atoms with Crippen LogP contribution in [0.5, 0.6) is 11.6 Å². The summed E-state index contributed by atoms with van der Waals surface area (Å²) in [5.41, 5.74) is -0.375. The molecule has 0 bridgehead atoms. The zero-order chi connectivity index (χ0) is 13.1. The van der Waals surface area contributed by atoms with Gasteiger partial charge < -0.3 is 9.84 Å². The van der Waals surface area contributed by atoms with Crippen LogP contribution >= 0.6 is 15.9 Å². The van der Waals surface area contributed by atoms with Crippen molar-refractivity contribution in [1.82, 2.24) is 9.97 Å². The van der Waals surface area contributed by atoms with Gasteiger partial charge >= 0.3 is 5.97 Å². The lowest BCUT2D eigenvalue weighted by atomic mass is 10.3. The maximum atomic E-state index is 13.5. The summed E-state index contributed by atoms with van der Waals surface area (Å²) in [6, 6.07) is 4.13. The largest absolute Gasteiger partial charge is 0.476 e. The molecule has 1 N–H and O–H groups in total. The first-order chi connectivity index (χ1) is 8.58. The molecular formula is C11H6BrFN2O3. The molecule has 92 valence electrons. The van der Waals surface area contributed by atoms with Crippen LogP contribution in [-0.4, -0.2) is 21.0 Å². The van der Waals surface area contributed by atoms with Crippen molar-refractivity contribution in [3.8, 4) is 11.6 Å². The Morgan fingerprint density at radius 2 is 2.06 bits per heavy atom. The fourth-order valence-electron chi connectivity index (χ4n) is 1.21. The molecule has 5 nitrogen and oxygen atoms in total. The molecule has 2 rings (SSSR count). The van der Waals surface area contributed by atoms with Gasteiger partial charge in [-0.05, 0) is 18.2 Å². The summed E-state index contributed by atoms with van der Waals surface area (Å²) in [5, 5.41) is 8.87. The number of nitrogens with zero attached hydrogens (tertiary/aromatic N) is 2. The standard InChI is InChI=1S/C11H6BrFN2O3/c12-6-1-2-8(7(13)5-6)18-10-9(11(16)17)14-3-4-15-10/h1-5H,(H,16,17). The van der Waals surface area contributed by atoms with Crippen molar-refractivity contribution >= 4 is 21.9 Å². The fraction of sp³-hybridized carbons (Fsp3) is 0. The van der Waals surface area contributed by atoms with Crippen LogP contribution < -0.4 is 4.74 Å². The predicted molar refractivity (Wildman–Crippen MR) is 63.2 cm³/mol. The van der Waals surface area contributed by atoms with Crippen molar-refractivity contribution in [3.63, 3.8) is 0 Å². The maximum absolute atomic E-state index is 13.5. The Bertz CT molecular complexity index is 607. The van der Waals surface area contributed by atoms with Gasteiger partial charge in [0, 0.05) is 16.9 Å². The van der Waals surface area contributed by atoms with Crippen LogP contribution in [-0.2, 0) is 0 Å². The zero-order valence-corrected chi connectivity index (χ0v) is 10.4. The number of aromatic nitrogens is 2. The zero-order valence-electron chi connectivity index (χ0n) is 8.80. The van der Waals surface area contributed by atoms with Crippen molar-refractivity contribution in [3.05, 3.63) is 46.6 Å². The van der Waals surface area contributed by atoms with Crippen molar-refractivity contribution in [1.29, 1.82) is 0 Å². The molecule has 0 fully saturated rings. The minimum absolute atomic E-state index is 0.124. The van der Waals surface area contributed by atoms with Gasteiger partial charge in [-0.1, -0.05) is 15.9 Å². The van der Waals surface area contributed by atoms with Gasteiger partial charge in [-0.2, -0.15) is 0 Å². The Balaban J connectivity index is 2.37. The van der Waals surface area contributed by atoms with Crippen LogP contribution in [0, 0.1) is 5.82 Å². The van der Waals surface area contributed by atoms with E-state index in [1.54, 1.807) is 6.07 Å². The first-order valence-electron chi connectivity index (χ1n) is 4.75. The average molecular weight is 313 g/mol. The number of aromatic carboxylic acids is 1. The van der Waals surface area contributed by atoms with E-state index >= 15 is 0 Å². The molecule has 0 aliphatic rings. The SMILES string of the molecule is O=C(O)c1nccnc1Oc1ccc(Br)cc1F. The summed E-state index contributed by atoms with van der Waals surface area (Å²) in [4.78, 5) is 18.2. The summed E-state index contributed by atoms with van der Waals surface area (Å²) >= 11 is 3.10. The second kappa shape index (κ2) is 5.09. The highest BCUT2D eigenvalue weighted by Gasteiger charge is 2.16. The highest BCUT2D eigenvalue weighted by molar-refractivity contribution is 9.10. The summed E-state index contributed by atoms with van der Waals surface area (Å²) < 4.78 is 19.2. The fourth-order valence-corrected chi connectivity index (χ4v) is 1.54. The van der Waals surface area contributed by atoms with Gasteiger partial charge in [-0.25, -0.2) is 19.2 Å². The quantitative estimate of drug-likeness (QED) is 0.943. The lowest BCUT2D eigenvalue weighted by Gasteiger charge is -2.07. The average Bonchev–Trinajstić information content (AvgIpc) is 2.33. The number of ether oxygens (including phenoxy) is 1. The van der Waals surface area contributed by atoms with E-state index in [1.807, 2.05) is 0 Å². The number of rotatable bonds is 3. The lowest BCUT2D eigenvalue weighted by Crippen LogP contribution is -2.05. The summed E-state index contributed by atoms with van der Waals surface area (Å²) in [7, 11) is 0. The normalized spacial score (nSPS) is 10.1. The van der Waals surface area contributed by atoms with Crippen molar-refractivity contribution in [2.75, 3.05) is 0 Å². The van der Waals surface area contributed by atoms with E-state index in [4.69, 9.17) is 9.84 Å². The van der Waals surface area contributed by atoms with Crippen LogP contribution in [0.3, 0.4) is 0 Å². The summed E-state index contributed by atoms with van der Waals surface area (Å²) in [6.07, 6.45) is 2.48. The van der Waals surface area contributed by atoms with E-state index in [0.29, 0.717) is 4.47 Å². The predicted octanol–water partition coefficient (Wildman–Crippen LogP) is 2.87. The molecule has 0 saturated heterocycles. The molecule has 0 spiro atoms. The molecule has 0 unspecified atom stereocenters. The molecule has 1 aromatic heterocycles. The Hall–Kier alpha value is -2.02. The summed E-state index contributed by atoms with van der Waals surface area (Å²) in [5.74, 6) is -2.31. The van der Waals surface area contributed by atoms with Crippen molar-refractivity contribution in [2.24, 2.45) is 0 Å². The van der Waals surface area contributed by atoms with E-state index in [2.05, 4.69) is 25.9 Å². The Labute approximate surface area is 109 Å². The minimum Gasteiger partial charge on any atom is -0.476 e. The molecule has 1 aromatic carbocycles. The van der Waals surface area contributed by atoms with Gasteiger partial charge in [0.25, 0.3) is 5.88 Å². The van der Waals surface area contributed by atoms with Gasteiger partial charge in [0.2, 0.25) is 5.69 Å². The van der Waals surface area contributed by atoms with Gasteiger partial charge in [0.15, 0.2) is 11.6 Å². The molecular weight excluding hydrogens is 307 g/mol. The number of benzene rings is 1. The molecule has 18 heavy (non-hydrogen) atoms. The molecule has 1 heterocycles. The van der Waals surface area contributed by atoms with Gasteiger partial charge in [0.1, 0.15) is 0 Å². The molecule has 0 aliphatic carbocycles. The van der Waals surface area contributed by atoms with Gasteiger partial charge in [0.05, 0.1) is 0 Å². The third kappa shape index (κ3) is 2.62. The summed E-state index contributed by atoms with van der Waals surface area (Å²) in [6.45, 7) is 0. The first kappa shape index (κ1) is 12.4. The Morgan fingerprint density at radius 3 is 2.72 bits per heavy atom.